The average Bonchev–Trinajstić information content (AvgIpc) is 2.65. The van der Waals surface area contributed by atoms with E-state index < -0.39 is 56.5 Å². The van der Waals surface area contributed by atoms with Gasteiger partial charge in [0.1, 0.15) is 44.9 Å². The van der Waals surface area contributed by atoms with E-state index in [2.05, 4.69) is 0 Å². The molecule has 14 heteroatoms. The van der Waals surface area contributed by atoms with E-state index in [1.54, 1.807) is 27.7 Å². The molecule has 1 saturated heterocycles. The third-order valence-corrected chi connectivity index (χ3v) is 4.09. The predicted octanol–water partition coefficient (Wildman–Crippen LogP) is -11.8. The summed E-state index contributed by atoms with van der Waals surface area (Å²) in [6, 6.07) is 0. The number of ether oxygens (including phenoxy) is 2. The molecule has 1 fully saturated rings. The van der Waals surface area contributed by atoms with Gasteiger partial charge in [0, 0.05) is 11.8 Å². The first-order chi connectivity index (χ1) is 13.2. The monoisotopic (exact) mass is 564 g/mol. The SMILES string of the molecule is C[C@H](C=O)C(CO)O[C@@H](C)C=O.C[C@H]1C(CO)O[C@@H](C)[C@@H](O)C1O.[Na+].[O-][I+3]([O-])([O-])[O-]. The Morgan fingerprint density at radius 3 is 1.83 bits per heavy atom. The van der Waals surface area contributed by atoms with Gasteiger partial charge in [-0.05, 0) is 13.8 Å². The number of hydrogen-bond donors (Lipinski definition) is 4. The minimum absolute atomic E-state index is 0. The summed E-state index contributed by atoms with van der Waals surface area (Å²) in [4.78, 5) is 20.5. The number of carbonyl (C=O) groups is 2. The van der Waals surface area contributed by atoms with Gasteiger partial charge in [0.15, 0.2) is 0 Å². The van der Waals surface area contributed by atoms with E-state index in [-0.39, 0.29) is 54.8 Å². The van der Waals surface area contributed by atoms with E-state index in [1.807, 2.05) is 0 Å². The van der Waals surface area contributed by atoms with Crippen LogP contribution < -0.4 is 63.4 Å². The van der Waals surface area contributed by atoms with Crippen molar-refractivity contribution in [1.29, 1.82) is 0 Å². The van der Waals surface area contributed by atoms with Crippen LogP contribution in [-0.4, -0.2) is 82.8 Å². The summed E-state index contributed by atoms with van der Waals surface area (Å²) in [7, 11) is 0. The first-order valence-corrected chi connectivity index (χ1v) is 12.2. The summed E-state index contributed by atoms with van der Waals surface area (Å²) in [5, 5.41) is 36.5. The van der Waals surface area contributed by atoms with Gasteiger partial charge in [0.25, 0.3) is 0 Å². The maximum Gasteiger partial charge on any atom is 1.00 e. The molecule has 3 unspecified atom stereocenters. The van der Waals surface area contributed by atoms with Crippen molar-refractivity contribution in [3.05, 3.63) is 0 Å². The Balaban J connectivity index is -0.000000388. The standard InChI is InChI=1S/C8H16O4.C8H14O4.IO4.Na/c1-4-6(3-9)12-5(2)8(11)7(4)10;1-6(3-9)8(5-11)12-7(2)4-10;2-1(3,4)5;/h4-11H,3H2,1-2H3;3-4,6-8,11H,5H2,1-2H3;;/q;;-1;+1/t4-,5-,6?,7?,8+;6-,7+,8?;;/m01../s1. The molecule has 1 aliphatic rings. The van der Waals surface area contributed by atoms with Crippen molar-refractivity contribution < 1.29 is 103 Å². The minimum Gasteiger partial charge on any atom is -0.394 e. The fraction of sp³-hybridized carbons (Fsp3) is 0.875. The van der Waals surface area contributed by atoms with Crippen LogP contribution in [0.5, 0.6) is 0 Å². The zero-order chi connectivity index (χ0) is 23.4. The molecule has 0 aromatic heterocycles. The van der Waals surface area contributed by atoms with Gasteiger partial charge in [-0.25, -0.2) is 0 Å². The Bertz CT molecular complexity index is 442. The molecule has 174 valence electrons. The predicted molar refractivity (Wildman–Crippen MR) is 85.3 cm³/mol. The Labute approximate surface area is 203 Å². The van der Waals surface area contributed by atoms with Crippen molar-refractivity contribution in [1.82, 2.24) is 0 Å². The molecule has 0 aromatic carbocycles. The molecule has 0 saturated carbocycles. The van der Waals surface area contributed by atoms with E-state index in [4.69, 9.17) is 33.4 Å². The number of aldehydes is 2. The fourth-order valence-corrected chi connectivity index (χ4v) is 2.23. The van der Waals surface area contributed by atoms with Gasteiger partial charge in [-0.3, -0.25) is 13.7 Å². The molecule has 0 spiro atoms. The number of rotatable bonds is 7. The summed E-state index contributed by atoms with van der Waals surface area (Å²) < 4.78 is 44.8. The van der Waals surface area contributed by atoms with Crippen LogP contribution in [0.25, 0.3) is 0 Å². The Morgan fingerprint density at radius 2 is 1.50 bits per heavy atom. The molecule has 0 radical (unpaired) electrons. The summed E-state index contributed by atoms with van der Waals surface area (Å²) >= 11 is -5.94. The molecule has 0 aromatic rings. The Kier molecular flexibility index (Phi) is 21.3. The zero-order valence-electron chi connectivity index (χ0n) is 17.6. The second-order valence-corrected chi connectivity index (χ2v) is 8.63. The third-order valence-electron chi connectivity index (χ3n) is 4.09. The molecule has 1 aliphatic heterocycles. The fourth-order valence-electron chi connectivity index (χ4n) is 2.23. The second kappa shape index (κ2) is 18.1. The van der Waals surface area contributed by atoms with Crippen LogP contribution in [0.1, 0.15) is 27.7 Å². The molecule has 30 heavy (non-hydrogen) atoms. The van der Waals surface area contributed by atoms with Crippen LogP contribution in [0, 0.1) is 11.8 Å². The van der Waals surface area contributed by atoms with Crippen molar-refractivity contribution >= 4 is 12.6 Å². The summed E-state index contributed by atoms with van der Waals surface area (Å²) in [5.41, 5.74) is 0. The number of halogens is 1. The Morgan fingerprint density at radius 1 is 1.03 bits per heavy atom. The Hall–Kier alpha value is 0.670. The number of aliphatic hydroxyl groups excluding tert-OH is 4. The third kappa shape index (κ3) is 16.3. The van der Waals surface area contributed by atoms with E-state index >= 15 is 0 Å². The maximum absolute atomic E-state index is 10.3. The first-order valence-electron chi connectivity index (χ1n) is 8.64. The van der Waals surface area contributed by atoms with Crippen molar-refractivity contribution in [2.75, 3.05) is 13.2 Å². The van der Waals surface area contributed by atoms with Gasteiger partial charge in [-0.2, -0.15) is 0 Å². The quantitative estimate of drug-likeness (QED) is 0.128. The first kappa shape index (κ1) is 35.3. The number of aliphatic hydroxyl groups is 4. The van der Waals surface area contributed by atoms with Crippen molar-refractivity contribution in [2.45, 2.75) is 64.3 Å². The number of hydrogen-bond acceptors (Lipinski definition) is 12. The summed E-state index contributed by atoms with van der Waals surface area (Å²) in [5.74, 6) is -0.612. The van der Waals surface area contributed by atoms with Crippen LogP contribution >= 0.6 is 0 Å². The molecule has 1 heterocycles. The van der Waals surface area contributed by atoms with Gasteiger partial charge >= 0.3 is 29.6 Å². The smallest absolute Gasteiger partial charge is 0.394 e. The normalized spacial score (nSPS) is 28.9. The largest absolute Gasteiger partial charge is 1.00 e. The van der Waals surface area contributed by atoms with Crippen LogP contribution in [0.3, 0.4) is 0 Å². The van der Waals surface area contributed by atoms with Crippen LogP contribution in [0.2, 0.25) is 0 Å². The van der Waals surface area contributed by atoms with Gasteiger partial charge in [0.05, 0.1) is 37.6 Å². The van der Waals surface area contributed by atoms with Gasteiger partial charge in [-0.1, -0.05) is 13.8 Å². The minimum atomic E-state index is -5.94. The molecular weight excluding hydrogens is 534 g/mol. The van der Waals surface area contributed by atoms with Crippen molar-refractivity contribution in [2.24, 2.45) is 11.8 Å². The molecule has 1 rings (SSSR count). The second-order valence-electron chi connectivity index (χ2n) is 6.47. The molecule has 4 N–H and O–H groups in total. The van der Waals surface area contributed by atoms with E-state index in [0.717, 1.165) is 0 Å². The van der Waals surface area contributed by atoms with Gasteiger partial charge in [-0.15, -0.1) is 0 Å². The molecule has 0 aliphatic carbocycles. The topological polar surface area (TPSA) is 226 Å². The summed E-state index contributed by atoms with van der Waals surface area (Å²) in [6.45, 7) is 6.26. The molecule has 0 amide bonds. The summed E-state index contributed by atoms with van der Waals surface area (Å²) in [6.07, 6.45) is -2.26. The van der Waals surface area contributed by atoms with E-state index in [9.17, 15) is 19.8 Å². The van der Waals surface area contributed by atoms with Crippen molar-refractivity contribution in [3.8, 4) is 0 Å². The zero-order valence-corrected chi connectivity index (χ0v) is 21.8. The number of carbonyl (C=O) groups excluding carboxylic acids is 2. The average molecular weight is 564 g/mol. The molecule has 8 atom stereocenters. The van der Waals surface area contributed by atoms with Crippen molar-refractivity contribution in [3.63, 3.8) is 0 Å². The molecule has 0 bridgehead atoms. The van der Waals surface area contributed by atoms with Crippen LogP contribution in [0.15, 0.2) is 0 Å². The van der Waals surface area contributed by atoms with Crippen LogP contribution in [-0.2, 0) is 19.1 Å². The molecular formula is C16H30INaO12. The molecule has 12 nitrogen and oxygen atoms in total. The van der Waals surface area contributed by atoms with E-state index in [0.29, 0.717) is 12.6 Å². The van der Waals surface area contributed by atoms with E-state index in [1.165, 1.54) is 0 Å². The van der Waals surface area contributed by atoms with Gasteiger partial charge < -0.3 is 39.5 Å². The van der Waals surface area contributed by atoms with Gasteiger partial charge in [0.2, 0.25) is 0 Å². The van der Waals surface area contributed by atoms with Crippen LogP contribution in [0.4, 0.5) is 0 Å². The maximum atomic E-state index is 10.3.